The number of nitrogens with one attached hydrogen (secondary N) is 2. The summed E-state index contributed by atoms with van der Waals surface area (Å²) in [6.07, 6.45) is -4.83. The second-order valence-corrected chi connectivity index (χ2v) is 8.33. The fourth-order valence-electron chi connectivity index (χ4n) is 2.40. The van der Waals surface area contributed by atoms with Crippen molar-refractivity contribution in [3.05, 3.63) is 65.4 Å². The lowest BCUT2D eigenvalue weighted by Crippen LogP contribution is -2.17. The maximum absolute atomic E-state index is 12.9. The van der Waals surface area contributed by atoms with Crippen LogP contribution in [-0.4, -0.2) is 28.9 Å². The fourth-order valence-corrected chi connectivity index (χ4v) is 4.05. The molecule has 0 saturated heterocycles. The van der Waals surface area contributed by atoms with Crippen LogP contribution in [0.3, 0.4) is 0 Å². The van der Waals surface area contributed by atoms with E-state index in [1.54, 1.807) is 5.38 Å². The summed E-state index contributed by atoms with van der Waals surface area (Å²) in [7, 11) is 0. The normalized spacial score (nSPS) is 11.1. The lowest BCUT2D eigenvalue weighted by molar-refractivity contribution is -0.274. The first-order valence-corrected chi connectivity index (χ1v) is 10.8. The Bertz CT molecular complexity index is 1070. The molecule has 168 valence electrons. The van der Waals surface area contributed by atoms with E-state index in [0.29, 0.717) is 21.4 Å². The second-order valence-electron chi connectivity index (χ2n) is 6.25. The molecule has 0 aliphatic carbocycles. The Labute approximate surface area is 188 Å². The summed E-state index contributed by atoms with van der Waals surface area (Å²) in [6, 6.07) is 10.2. The van der Waals surface area contributed by atoms with Gasteiger partial charge < -0.3 is 15.4 Å². The summed E-state index contributed by atoms with van der Waals surface area (Å²) < 4.78 is 53.8. The number of carbonyl (C=O) groups is 2. The molecule has 0 fully saturated rings. The van der Waals surface area contributed by atoms with Gasteiger partial charge in [0.1, 0.15) is 11.6 Å². The number of carbonyl (C=O) groups excluding carboxylic acids is 2. The first-order valence-electron chi connectivity index (χ1n) is 8.94. The van der Waals surface area contributed by atoms with E-state index < -0.39 is 18.1 Å². The van der Waals surface area contributed by atoms with Crippen LogP contribution in [-0.2, 0) is 16.0 Å². The van der Waals surface area contributed by atoms with Gasteiger partial charge in [0, 0.05) is 16.8 Å². The van der Waals surface area contributed by atoms with E-state index in [1.165, 1.54) is 59.5 Å². The number of amides is 2. The van der Waals surface area contributed by atoms with Crippen LogP contribution in [0.2, 0.25) is 0 Å². The number of thioether (sulfide) groups is 1. The largest absolute Gasteiger partial charge is 0.573 e. The number of benzene rings is 2. The highest BCUT2D eigenvalue weighted by Crippen LogP contribution is 2.25. The van der Waals surface area contributed by atoms with E-state index in [0.717, 1.165) is 12.1 Å². The Morgan fingerprint density at radius 1 is 0.969 bits per heavy atom. The Morgan fingerprint density at radius 2 is 1.56 bits per heavy atom. The van der Waals surface area contributed by atoms with Crippen molar-refractivity contribution in [2.45, 2.75) is 17.1 Å². The van der Waals surface area contributed by atoms with Crippen LogP contribution in [0.25, 0.3) is 0 Å². The third-order valence-electron chi connectivity index (χ3n) is 3.70. The van der Waals surface area contributed by atoms with Gasteiger partial charge in [0.05, 0.1) is 17.9 Å². The molecule has 2 aromatic carbocycles. The van der Waals surface area contributed by atoms with E-state index in [2.05, 4.69) is 20.4 Å². The summed E-state index contributed by atoms with van der Waals surface area (Å²) in [6.45, 7) is 0. The number of rotatable bonds is 8. The van der Waals surface area contributed by atoms with Crippen molar-refractivity contribution in [3.8, 4) is 5.75 Å². The predicted molar refractivity (Wildman–Crippen MR) is 113 cm³/mol. The Kier molecular flexibility index (Phi) is 7.70. The Balaban J connectivity index is 1.44. The molecule has 0 aliphatic heterocycles. The molecule has 1 aromatic heterocycles. The molecule has 0 spiro atoms. The first kappa shape index (κ1) is 23.5. The number of halogens is 4. The minimum Gasteiger partial charge on any atom is -0.406 e. The molecule has 0 radical (unpaired) electrons. The smallest absolute Gasteiger partial charge is 0.406 e. The number of anilines is 2. The summed E-state index contributed by atoms with van der Waals surface area (Å²) in [4.78, 5) is 28.4. The molecule has 32 heavy (non-hydrogen) atoms. The molecule has 0 aliphatic rings. The minimum atomic E-state index is -4.78. The molecule has 6 nitrogen and oxygen atoms in total. The summed E-state index contributed by atoms with van der Waals surface area (Å²) in [5, 5.41) is 6.88. The van der Waals surface area contributed by atoms with Crippen molar-refractivity contribution in [2.24, 2.45) is 0 Å². The Morgan fingerprint density at radius 3 is 2.19 bits per heavy atom. The molecule has 0 atom stereocenters. The molecule has 0 bridgehead atoms. The monoisotopic (exact) mass is 485 g/mol. The third kappa shape index (κ3) is 7.85. The molecule has 1 heterocycles. The predicted octanol–water partition coefficient (Wildman–Crippen LogP) is 5.09. The highest BCUT2D eigenvalue weighted by atomic mass is 32.2. The second kappa shape index (κ2) is 10.5. The first-order chi connectivity index (χ1) is 15.2. The maximum atomic E-state index is 12.9. The van der Waals surface area contributed by atoms with Crippen LogP contribution in [0.4, 0.5) is 28.9 Å². The standard InChI is InChI=1S/C20H15F4N3O3S2/c21-12-1-3-13(4-2-12)26-18(29)11-32-19-27-15(10-31-19)9-17(28)25-14-5-7-16(8-6-14)30-20(22,23)24/h1-8,10H,9,11H2,(H,25,28)(H,26,29). The number of ether oxygens (including phenoxy) is 1. The molecule has 3 rings (SSSR count). The lowest BCUT2D eigenvalue weighted by Gasteiger charge is -2.09. The van der Waals surface area contributed by atoms with Crippen LogP contribution >= 0.6 is 23.1 Å². The summed E-state index contributed by atoms with van der Waals surface area (Å²) >= 11 is 2.47. The number of thiazole rings is 1. The third-order valence-corrected chi connectivity index (χ3v) is 5.77. The van der Waals surface area contributed by atoms with Gasteiger partial charge in [-0.1, -0.05) is 11.8 Å². The van der Waals surface area contributed by atoms with Crippen LogP contribution in [0.5, 0.6) is 5.75 Å². The van der Waals surface area contributed by atoms with E-state index in [-0.39, 0.29) is 23.8 Å². The number of hydrogen-bond acceptors (Lipinski definition) is 6. The van der Waals surface area contributed by atoms with Gasteiger partial charge in [0.15, 0.2) is 4.34 Å². The highest BCUT2D eigenvalue weighted by molar-refractivity contribution is 8.01. The average Bonchev–Trinajstić information content (AvgIpc) is 3.16. The number of hydrogen-bond donors (Lipinski definition) is 2. The molecular weight excluding hydrogens is 470 g/mol. The van der Waals surface area contributed by atoms with Gasteiger partial charge in [-0.05, 0) is 48.5 Å². The van der Waals surface area contributed by atoms with Gasteiger partial charge >= 0.3 is 6.36 Å². The molecule has 0 saturated carbocycles. The van der Waals surface area contributed by atoms with Crippen molar-refractivity contribution in [1.29, 1.82) is 0 Å². The molecule has 3 aromatic rings. The number of alkyl halides is 3. The molecule has 2 amide bonds. The van der Waals surface area contributed by atoms with Crippen molar-refractivity contribution < 1.29 is 31.9 Å². The fraction of sp³-hybridized carbons (Fsp3) is 0.150. The zero-order valence-electron chi connectivity index (χ0n) is 16.1. The van der Waals surface area contributed by atoms with E-state index in [1.807, 2.05) is 0 Å². The zero-order chi connectivity index (χ0) is 23.1. The van der Waals surface area contributed by atoms with Gasteiger partial charge in [-0.2, -0.15) is 0 Å². The lowest BCUT2D eigenvalue weighted by atomic mass is 10.2. The quantitative estimate of drug-likeness (QED) is 0.343. The van der Waals surface area contributed by atoms with Crippen LogP contribution in [0.15, 0.2) is 58.3 Å². The topological polar surface area (TPSA) is 80.3 Å². The summed E-state index contributed by atoms with van der Waals surface area (Å²) in [5.74, 6) is -1.38. The highest BCUT2D eigenvalue weighted by Gasteiger charge is 2.30. The molecule has 2 N–H and O–H groups in total. The van der Waals surface area contributed by atoms with Crippen molar-refractivity contribution >= 4 is 46.3 Å². The SMILES string of the molecule is O=C(CSc1nc(CC(=O)Nc2ccc(OC(F)(F)F)cc2)cs1)Nc1ccc(F)cc1. The van der Waals surface area contributed by atoms with Crippen LogP contribution in [0, 0.1) is 5.82 Å². The van der Waals surface area contributed by atoms with Gasteiger partial charge in [0.2, 0.25) is 11.8 Å². The van der Waals surface area contributed by atoms with Gasteiger partial charge in [-0.3, -0.25) is 9.59 Å². The Hall–Kier alpha value is -3.12. The van der Waals surface area contributed by atoms with Crippen LogP contribution < -0.4 is 15.4 Å². The van der Waals surface area contributed by atoms with Crippen molar-refractivity contribution in [1.82, 2.24) is 4.98 Å². The number of nitrogens with zero attached hydrogens (tertiary/aromatic N) is 1. The van der Waals surface area contributed by atoms with Gasteiger partial charge in [0.25, 0.3) is 0 Å². The van der Waals surface area contributed by atoms with E-state index in [4.69, 9.17) is 0 Å². The van der Waals surface area contributed by atoms with Gasteiger partial charge in [-0.15, -0.1) is 24.5 Å². The van der Waals surface area contributed by atoms with Crippen molar-refractivity contribution in [2.75, 3.05) is 16.4 Å². The minimum absolute atomic E-state index is 0.0420. The molecule has 12 heteroatoms. The zero-order valence-corrected chi connectivity index (χ0v) is 17.7. The van der Waals surface area contributed by atoms with E-state index >= 15 is 0 Å². The maximum Gasteiger partial charge on any atom is 0.573 e. The van der Waals surface area contributed by atoms with Crippen LogP contribution in [0.1, 0.15) is 5.69 Å². The summed E-state index contributed by atoms with van der Waals surface area (Å²) in [5.41, 5.74) is 1.28. The van der Waals surface area contributed by atoms with Crippen molar-refractivity contribution in [3.63, 3.8) is 0 Å². The van der Waals surface area contributed by atoms with E-state index in [9.17, 15) is 27.2 Å². The average molecular weight is 485 g/mol. The number of aromatic nitrogens is 1. The molecular formula is C20H15F4N3O3S2. The van der Waals surface area contributed by atoms with Gasteiger partial charge in [-0.25, -0.2) is 9.37 Å². The molecule has 0 unspecified atom stereocenters.